The second-order valence-corrected chi connectivity index (χ2v) is 6.95. The third-order valence-electron chi connectivity index (χ3n) is 3.34. The first kappa shape index (κ1) is 18.2. The summed E-state index contributed by atoms with van der Waals surface area (Å²) in [6.45, 7) is 0.216. The van der Waals surface area contributed by atoms with E-state index in [4.69, 9.17) is 15.6 Å². The van der Waals surface area contributed by atoms with Gasteiger partial charge in [0.1, 0.15) is 17.9 Å². The number of rotatable bonds is 5. The van der Waals surface area contributed by atoms with Crippen molar-refractivity contribution in [3.63, 3.8) is 0 Å². The third-order valence-corrected chi connectivity index (χ3v) is 4.39. The maximum atomic E-state index is 12.2. The van der Waals surface area contributed by atoms with E-state index in [2.05, 4.69) is 48.3 Å². The molecule has 0 fully saturated rings. The van der Waals surface area contributed by atoms with E-state index in [-0.39, 0.29) is 12.4 Å². The minimum Gasteiger partial charge on any atom is -0.481 e. The van der Waals surface area contributed by atoms with Crippen LogP contribution in [0.15, 0.2) is 60.9 Å². The zero-order valence-corrected chi connectivity index (χ0v) is 16.5. The molecule has 5 nitrogen and oxygen atoms in total. The number of furan rings is 1. The number of fused-ring (bicyclic) bond motifs is 1. The van der Waals surface area contributed by atoms with Gasteiger partial charge in [-0.2, -0.15) is 5.10 Å². The van der Waals surface area contributed by atoms with E-state index >= 15 is 0 Å². The number of amides is 1. The molecular formula is C19H12Br2N2O3. The lowest BCUT2D eigenvalue weighted by molar-refractivity contribution is 0.0929. The number of hydrazone groups is 1. The van der Waals surface area contributed by atoms with Gasteiger partial charge in [-0.1, -0.05) is 21.9 Å². The average molecular weight is 476 g/mol. The smallest absolute Gasteiger partial charge is 0.307 e. The molecule has 0 aliphatic rings. The van der Waals surface area contributed by atoms with Crippen molar-refractivity contribution in [2.24, 2.45) is 5.10 Å². The van der Waals surface area contributed by atoms with Gasteiger partial charge in [0.2, 0.25) is 0 Å². The van der Waals surface area contributed by atoms with Gasteiger partial charge in [-0.3, -0.25) is 4.79 Å². The number of ether oxygens (including phenoxy) is 1. The SMILES string of the molecule is C#CCOc1ccc(/C=N\NC(=O)c2cc3cc(Br)cc(Br)c3o2)cc1. The average Bonchev–Trinajstić information content (AvgIpc) is 3.05. The molecule has 7 heteroatoms. The molecule has 0 unspecified atom stereocenters. The number of nitrogens with zero attached hydrogens (tertiary/aromatic N) is 1. The first-order chi connectivity index (χ1) is 12.6. The summed E-state index contributed by atoms with van der Waals surface area (Å²) in [7, 11) is 0. The van der Waals surface area contributed by atoms with Crippen LogP contribution in [0.5, 0.6) is 5.75 Å². The lowest BCUT2D eigenvalue weighted by Crippen LogP contribution is -2.16. The van der Waals surface area contributed by atoms with Gasteiger partial charge in [0.15, 0.2) is 5.76 Å². The van der Waals surface area contributed by atoms with Gasteiger partial charge in [-0.25, -0.2) is 5.43 Å². The Bertz CT molecular complexity index is 1020. The Balaban J connectivity index is 1.66. The highest BCUT2D eigenvalue weighted by Gasteiger charge is 2.14. The standard InChI is InChI=1S/C19H12Br2N2O3/c1-2-7-25-15-5-3-12(4-6-15)11-22-23-19(24)17-9-13-8-14(20)10-16(21)18(13)26-17/h1,3-6,8-11H,7H2,(H,23,24)/b22-11-. The van der Waals surface area contributed by atoms with Crippen molar-refractivity contribution in [3.8, 4) is 18.1 Å². The molecule has 0 aliphatic carbocycles. The van der Waals surface area contributed by atoms with E-state index in [0.29, 0.717) is 11.3 Å². The maximum Gasteiger partial charge on any atom is 0.307 e. The van der Waals surface area contributed by atoms with Crippen LogP contribution in [-0.2, 0) is 0 Å². The Labute approximate surface area is 166 Å². The normalized spacial score (nSPS) is 10.8. The molecule has 3 rings (SSSR count). The van der Waals surface area contributed by atoms with E-state index in [9.17, 15) is 4.79 Å². The number of hydrogen-bond donors (Lipinski definition) is 1. The summed E-state index contributed by atoms with van der Waals surface area (Å²) < 4.78 is 12.5. The van der Waals surface area contributed by atoms with Crippen LogP contribution in [0, 0.1) is 12.3 Å². The van der Waals surface area contributed by atoms with E-state index < -0.39 is 5.91 Å². The molecule has 0 saturated carbocycles. The largest absolute Gasteiger partial charge is 0.481 e. The molecule has 0 bridgehead atoms. The van der Waals surface area contributed by atoms with Gasteiger partial charge in [0.05, 0.1) is 10.7 Å². The molecule has 130 valence electrons. The zero-order valence-electron chi connectivity index (χ0n) is 13.3. The highest BCUT2D eigenvalue weighted by atomic mass is 79.9. The van der Waals surface area contributed by atoms with Crippen molar-refractivity contribution in [2.75, 3.05) is 6.61 Å². The second-order valence-electron chi connectivity index (χ2n) is 5.18. The topological polar surface area (TPSA) is 63.8 Å². The van der Waals surface area contributed by atoms with E-state index in [1.54, 1.807) is 30.3 Å². The fourth-order valence-corrected chi connectivity index (χ4v) is 3.52. The quantitative estimate of drug-likeness (QED) is 0.329. The third kappa shape index (κ3) is 4.34. The van der Waals surface area contributed by atoms with Crippen LogP contribution in [-0.4, -0.2) is 18.7 Å². The van der Waals surface area contributed by atoms with Gasteiger partial charge >= 0.3 is 5.91 Å². The van der Waals surface area contributed by atoms with Crippen LogP contribution < -0.4 is 10.2 Å². The van der Waals surface area contributed by atoms with Crippen LogP contribution in [0.3, 0.4) is 0 Å². The second kappa shape index (κ2) is 8.21. The Morgan fingerprint density at radius 1 is 1.27 bits per heavy atom. The Hall–Kier alpha value is -2.56. The first-order valence-electron chi connectivity index (χ1n) is 7.45. The monoisotopic (exact) mass is 474 g/mol. The Morgan fingerprint density at radius 3 is 2.77 bits per heavy atom. The summed E-state index contributed by atoms with van der Waals surface area (Å²) in [6.07, 6.45) is 6.67. The first-order valence-corrected chi connectivity index (χ1v) is 9.04. The number of benzene rings is 2. The van der Waals surface area contributed by atoms with Gasteiger partial charge < -0.3 is 9.15 Å². The van der Waals surface area contributed by atoms with Gasteiger partial charge in [0.25, 0.3) is 0 Å². The number of carbonyl (C=O) groups is 1. The molecule has 0 aliphatic heterocycles. The number of halogens is 2. The molecule has 3 aromatic rings. The van der Waals surface area contributed by atoms with Crippen molar-refractivity contribution in [1.29, 1.82) is 0 Å². The predicted octanol–water partition coefficient (Wildman–Crippen LogP) is 4.73. The summed E-state index contributed by atoms with van der Waals surface area (Å²) >= 11 is 6.81. The summed E-state index contributed by atoms with van der Waals surface area (Å²) in [5, 5.41) is 4.75. The molecule has 0 saturated heterocycles. The van der Waals surface area contributed by atoms with Crippen molar-refractivity contribution in [1.82, 2.24) is 5.43 Å². The lowest BCUT2D eigenvalue weighted by atomic mass is 10.2. The maximum absolute atomic E-state index is 12.2. The van der Waals surface area contributed by atoms with Gasteiger partial charge in [-0.15, -0.1) is 6.42 Å². The predicted molar refractivity (Wildman–Crippen MR) is 107 cm³/mol. The molecule has 2 aromatic carbocycles. The van der Waals surface area contributed by atoms with Crippen molar-refractivity contribution in [3.05, 3.63) is 62.7 Å². The van der Waals surface area contributed by atoms with Gasteiger partial charge in [0, 0.05) is 9.86 Å². The molecule has 1 amide bonds. The Kier molecular flexibility index (Phi) is 5.76. The molecule has 1 heterocycles. The van der Waals surface area contributed by atoms with Crippen LogP contribution in [0.2, 0.25) is 0 Å². The van der Waals surface area contributed by atoms with Crippen LogP contribution >= 0.6 is 31.9 Å². The molecular weight excluding hydrogens is 464 g/mol. The van der Waals surface area contributed by atoms with Crippen molar-refractivity contribution >= 4 is 55.0 Å². The van der Waals surface area contributed by atoms with Crippen LogP contribution in [0.25, 0.3) is 11.0 Å². The van der Waals surface area contributed by atoms with Crippen molar-refractivity contribution in [2.45, 2.75) is 0 Å². The van der Waals surface area contributed by atoms with E-state index in [1.807, 2.05) is 12.1 Å². The zero-order chi connectivity index (χ0) is 18.5. The van der Waals surface area contributed by atoms with E-state index in [1.165, 1.54) is 6.21 Å². The number of hydrogen-bond acceptors (Lipinski definition) is 4. The van der Waals surface area contributed by atoms with Gasteiger partial charge in [-0.05, 0) is 64.0 Å². The fourth-order valence-electron chi connectivity index (χ4n) is 2.18. The molecule has 26 heavy (non-hydrogen) atoms. The lowest BCUT2D eigenvalue weighted by Gasteiger charge is -2.01. The van der Waals surface area contributed by atoms with Crippen LogP contribution in [0.1, 0.15) is 16.1 Å². The number of terminal acetylenes is 1. The highest BCUT2D eigenvalue weighted by Crippen LogP contribution is 2.30. The fraction of sp³-hybridized carbons (Fsp3) is 0.0526. The minimum atomic E-state index is -0.436. The molecule has 1 aromatic heterocycles. The molecule has 0 atom stereocenters. The minimum absolute atomic E-state index is 0.175. The van der Waals surface area contributed by atoms with E-state index in [0.717, 1.165) is 19.9 Å². The highest BCUT2D eigenvalue weighted by molar-refractivity contribution is 9.11. The number of carbonyl (C=O) groups excluding carboxylic acids is 1. The van der Waals surface area contributed by atoms with Crippen LogP contribution in [0.4, 0.5) is 0 Å². The summed E-state index contributed by atoms with van der Waals surface area (Å²) in [4.78, 5) is 12.2. The molecule has 1 N–H and O–H groups in total. The Morgan fingerprint density at radius 2 is 2.04 bits per heavy atom. The summed E-state index contributed by atoms with van der Waals surface area (Å²) in [6, 6.07) is 12.5. The summed E-state index contributed by atoms with van der Waals surface area (Å²) in [5.74, 6) is 2.81. The summed E-state index contributed by atoms with van der Waals surface area (Å²) in [5.41, 5.74) is 3.85. The number of nitrogens with one attached hydrogen (secondary N) is 1. The molecule has 0 spiro atoms. The van der Waals surface area contributed by atoms with Crippen molar-refractivity contribution < 1.29 is 13.9 Å². The molecule has 0 radical (unpaired) electrons.